The second-order valence-electron chi connectivity index (χ2n) is 4.68. The fourth-order valence-corrected chi connectivity index (χ4v) is 9.73. The zero-order valence-electron chi connectivity index (χ0n) is 11.9. The number of carbonyl (C=O) groups is 2. The number of hydrogen-bond donors (Lipinski definition) is 0. The van der Waals surface area contributed by atoms with Gasteiger partial charge in [-0.1, -0.05) is 0 Å². The van der Waals surface area contributed by atoms with E-state index < -0.39 is 3.21 Å². The van der Waals surface area contributed by atoms with Crippen molar-refractivity contribution in [2.24, 2.45) is 0 Å². The molecule has 0 spiro atoms. The second-order valence-corrected chi connectivity index (χ2v) is 11.3. The molecule has 3 rings (SSSR count). The number of ether oxygens (including phenoxy) is 1. The molecule has 0 aromatic heterocycles. The van der Waals surface area contributed by atoms with Crippen LogP contribution in [0, 0.1) is 0 Å². The van der Waals surface area contributed by atoms with Crippen molar-refractivity contribution in [2.45, 2.75) is 10.1 Å². The topological polar surface area (TPSA) is 43.4 Å². The van der Waals surface area contributed by atoms with Crippen LogP contribution in [0.2, 0.25) is 3.21 Å². The van der Waals surface area contributed by atoms with Crippen molar-refractivity contribution in [3.63, 3.8) is 0 Å². The molecule has 22 heavy (non-hydrogen) atoms. The van der Waals surface area contributed by atoms with E-state index in [1.165, 1.54) is 0 Å². The average Bonchev–Trinajstić information content (AvgIpc) is 2.96. The predicted octanol–water partition coefficient (Wildman–Crippen LogP) is 0.921. The van der Waals surface area contributed by atoms with E-state index in [9.17, 15) is 9.59 Å². The standard InChI is InChI=1S/C17H14O3Se2/c1-2-20-16(19)17(15(18)12-8-4-3-5-9-12)21-13-10-6-7-11-14(13)22-17/h3-11H,2H2,1H3. The molecular weight excluding hydrogens is 410 g/mol. The zero-order chi connectivity index (χ0) is 15.6. The van der Waals surface area contributed by atoms with Crippen LogP contribution in [0.5, 0.6) is 0 Å². The number of rotatable bonds is 4. The van der Waals surface area contributed by atoms with Gasteiger partial charge in [-0.25, -0.2) is 0 Å². The van der Waals surface area contributed by atoms with Crippen LogP contribution in [0.25, 0.3) is 0 Å². The van der Waals surface area contributed by atoms with Crippen LogP contribution in [0.15, 0.2) is 54.6 Å². The molecule has 1 aliphatic rings. The molecule has 2 aromatic carbocycles. The van der Waals surface area contributed by atoms with Gasteiger partial charge in [-0.2, -0.15) is 0 Å². The number of hydrogen-bond acceptors (Lipinski definition) is 3. The maximum atomic E-state index is 13.1. The molecule has 2 aromatic rings. The van der Waals surface area contributed by atoms with Gasteiger partial charge in [0.1, 0.15) is 0 Å². The van der Waals surface area contributed by atoms with Gasteiger partial charge >= 0.3 is 142 Å². The van der Waals surface area contributed by atoms with Crippen molar-refractivity contribution >= 4 is 50.6 Å². The Morgan fingerprint density at radius 3 is 2.05 bits per heavy atom. The summed E-state index contributed by atoms with van der Waals surface area (Å²) in [5.74, 6) is -0.456. The van der Waals surface area contributed by atoms with E-state index in [1.54, 1.807) is 19.1 Å². The number of benzene rings is 2. The van der Waals surface area contributed by atoms with E-state index in [4.69, 9.17) is 4.74 Å². The molecule has 1 aliphatic heterocycles. The van der Waals surface area contributed by atoms with Crippen LogP contribution >= 0.6 is 0 Å². The third kappa shape index (κ3) is 2.66. The Kier molecular flexibility index (Phi) is 4.51. The van der Waals surface area contributed by atoms with Crippen LogP contribution in [-0.4, -0.2) is 48.3 Å². The fourth-order valence-electron chi connectivity index (χ4n) is 2.22. The van der Waals surface area contributed by atoms with Crippen molar-refractivity contribution in [1.82, 2.24) is 0 Å². The fraction of sp³-hybridized carbons (Fsp3) is 0.176. The predicted molar refractivity (Wildman–Crippen MR) is 87.3 cm³/mol. The van der Waals surface area contributed by atoms with Crippen LogP contribution in [0.1, 0.15) is 17.3 Å². The first-order valence-electron chi connectivity index (χ1n) is 6.91. The molecule has 3 nitrogen and oxygen atoms in total. The zero-order valence-corrected chi connectivity index (χ0v) is 15.4. The van der Waals surface area contributed by atoms with E-state index in [0.29, 0.717) is 12.2 Å². The first-order chi connectivity index (χ1) is 10.7. The summed E-state index contributed by atoms with van der Waals surface area (Å²) < 4.78 is 6.57. The molecule has 0 aliphatic carbocycles. The third-order valence-corrected chi connectivity index (χ3v) is 10.8. The molecule has 112 valence electrons. The maximum absolute atomic E-state index is 13.1. The van der Waals surface area contributed by atoms with E-state index in [1.807, 2.05) is 42.5 Å². The van der Waals surface area contributed by atoms with Crippen molar-refractivity contribution < 1.29 is 14.3 Å². The Balaban J connectivity index is 2.03. The Labute approximate surface area is 141 Å². The summed E-state index contributed by atoms with van der Waals surface area (Å²) >= 11 is -0.467. The molecule has 0 radical (unpaired) electrons. The number of esters is 1. The number of Topliss-reactive ketones (excluding diaryl/α,β-unsaturated/α-hetero) is 1. The summed E-state index contributed by atoms with van der Waals surface area (Å²) in [6.45, 7) is 2.08. The molecule has 5 heteroatoms. The van der Waals surface area contributed by atoms with E-state index in [-0.39, 0.29) is 41.7 Å². The van der Waals surface area contributed by atoms with Gasteiger partial charge in [-0.3, -0.25) is 0 Å². The normalized spacial score (nSPS) is 15.1. The minimum atomic E-state index is -0.999. The van der Waals surface area contributed by atoms with Gasteiger partial charge in [0.2, 0.25) is 0 Å². The summed E-state index contributed by atoms with van der Waals surface area (Å²) in [6.07, 6.45) is 0. The average molecular weight is 424 g/mol. The molecular formula is C17H14O3Se2. The second kappa shape index (κ2) is 6.39. The monoisotopic (exact) mass is 426 g/mol. The van der Waals surface area contributed by atoms with Crippen LogP contribution in [-0.2, 0) is 9.53 Å². The molecule has 0 unspecified atom stereocenters. The molecule has 0 amide bonds. The first-order valence-corrected chi connectivity index (χ1v) is 10.3. The van der Waals surface area contributed by atoms with Crippen molar-refractivity contribution in [1.29, 1.82) is 0 Å². The number of fused-ring (bicyclic) bond motifs is 1. The Bertz CT molecular complexity index is 688. The summed E-state index contributed by atoms with van der Waals surface area (Å²) in [4.78, 5) is 25.7. The molecule has 0 atom stereocenters. The number of carbonyl (C=O) groups excluding carboxylic acids is 2. The van der Waals surface area contributed by atoms with Crippen LogP contribution < -0.4 is 8.92 Å². The first kappa shape index (κ1) is 15.5. The molecule has 1 heterocycles. The van der Waals surface area contributed by atoms with Gasteiger partial charge < -0.3 is 0 Å². The SMILES string of the molecule is CCOC(=O)C1(C(=O)c2ccccc2)[Se]c2ccccc2[Se]1. The van der Waals surface area contributed by atoms with Crippen LogP contribution in [0.3, 0.4) is 0 Å². The molecule has 0 fully saturated rings. The number of ketones is 1. The van der Waals surface area contributed by atoms with Crippen molar-refractivity contribution in [3.8, 4) is 0 Å². The van der Waals surface area contributed by atoms with Gasteiger partial charge in [0.25, 0.3) is 0 Å². The summed E-state index contributed by atoms with van der Waals surface area (Å²) in [6, 6.07) is 17.1. The minimum absolute atomic E-state index is 0.0947. The van der Waals surface area contributed by atoms with Gasteiger partial charge in [-0.05, 0) is 0 Å². The third-order valence-electron chi connectivity index (χ3n) is 3.24. The molecule has 0 N–H and O–H groups in total. The van der Waals surface area contributed by atoms with Gasteiger partial charge in [0, 0.05) is 0 Å². The quantitative estimate of drug-likeness (QED) is 0.318. The Morgan fingerprint density at radius 2 is 1.50 bits per heavy atom. The van der Waals surface area contributed by atoms with E-state index in [2.05, 4.69) is 0 Å². The van der Waals surface area contributed by atoms with Gasteiger partial charge in [0.15, 0.2) is 0 Å². The van der Waals surface area contributed by atoms with E-state index >= 15 is 0 Å². The Morgan fingerprint density at radius 1 is 0.955 bits per heavy atom. The van der Waals surface area contributed by atoms with Crippen molar-refractivity contribution in [2.75, 3.05) is 6.61 Å². The summed E-state index contributed by atoms with van der Waals surface area (Å²) in [5.41, 5.74) is 0.590. The molecule has 0 bridgehead atoms. The Hall–Kier alpha value is -1.38. The van der Waals surface area contributed by atoms with Gasteiger partial charge in [-0.15, -0.1) is 0 Å². The molecule has 0 saturated heterocycles. The van der Waals surface area contributed by atoms with Gasteiger partial charge in [0.05, 0.1) is 0 Å². The summed E-state index contributed by atoms with van der Waals surface area (Å²) in [7, 11) is 0. The van der Waals surface area contributed by atoms with Crippen LogP contribution in [0.4, 0.5) is 0 Å². The molecule has 0 saturated carbocycles. The van der Waals surface area contributed by atoms with E-state index in [0.717, 1.165) is 8.92 Å². The van der Waals surface area contributed by atoms with Crippen molar-refractivity contribution in [3.05, 3.63) is 60.2 Å². The summed E-state index contributed by atoms with van der Waals surface area (Å²) in [5, 5.41) is 0.